The Morgan fingerprint density at radius 3 is 3.00 bits per heavy atom. The normalized spacial score (nSPS) is 13.1. The first-order valence-corrected chi connectivity index (χ1v) is 8.71. The van der Waals surface area contributed by atoms with Crippen molar-refractivity contribution in [2.24, 2.45) is 0 Å². The van der Waals surface area contributed by atoms with Gasteiger partial charge in [-0.25, -0.2) is 4.98 Å². The van der Waals surface area contributed by atoms with Crippen LogP contribution in [0.4, 0.5) is 0 Å². The Kier molecular flexibility index (Phi) is 4.19. The van der Waals surface area contributed by atoms with Crippen LogP contribution in [0.15, 0.2) is 29.9 Å². The van der Waals surface area contributed by atoms with E-state index in [0.717, 1.165) is 25.3 Å². The summed E-state index contributed by atoms with van der Waals surface area (Å²) in [6, 6.07) is 4.90. The van der Waals surface area contributed by atoms with Crippen LogP contribution < -0.4 is 5.32 Å². The van der Waals surface area contributed by atoms with E-state index >= 15 is 0 Å². The molecule has 1 atom stereocenters. The highest BCUT2D eigenvalue weighted by molar-refractivity contribution is 7.26. The molecular formula is C15H19N3S2. The number of thiophene rings is 2. The number of fused-ring (bicyclic) bond motifs is 1. The molecule has 5 heteroatoms. The number of likely N-dealkylation sites (N-methyl/N-ethyl adjacent to an activating group) is 1. The predicted molar refractivity (Wildman–Crippen MR) is 87.7 cm³/mol. The summed E-state index contributed by atoms with van der Waals surface area (Å²) in [5.74, 6) is 1.16. The van der Waals surface area contributed by atoms with Crippen molar-refractivity contribution in [1.29, 1.82) is 0 Å². The lowest BCUT2D eigenvalue weighted by Crippen LogP contribution is -2.23. The van der Waals surface area contributed by atoms with Crippen LogP contribution in [0.3, 0.4) is 0 Å². The summed E-state index contributed by atoms with van der Waals surface area (Å²) in [7, 11) is 0. The molecule has 0 aromatic carbocycles. The van der Waals surface area contributed by atoms with Crippen molar-refractivity contribution in [3.8, 4) is 0 Å². The van der Waals surface area contributed by atoms with Gasteiger partial charge in [0.2, 0.25) is 0 Å². The Morgan fingerprint density at radius 2 is 2.25 bits per heavy atom. The van der Waals surface area contributed by atoms with E-state index in [9.17, 15) is 0 Å². The third-order valence-electron chi connectivity index (χ3n) is 3.48. The van der Waals surface area contributed by atoms with Gasteiger partial charge in [-0.2, -0.15) is 0 Å². The molecule has 3 heterocycles. The minimum atomic E-state index is 0.359. The second-order valence-corrected chi connectivity index (χ2v) is 6.80. The first-order valence-electron chi connectivity index (χ1n) is 7.02. The van der Waals surface area contributed by atoms with Gasteiger partial charge in [-0.15, -0.1) is 22.7 Å². The summed E-state index contributed by atoms with van der Waals surface area (Å²) in [6.45, 7) is 6.28. The molecule has 0 aliphatic heterocycles. The van der Waals surface area contributed by atoms with Crippen molar-refractivity contribution in [3.05, 3.63) is 40.6 Å². The van der Waals surface area contributed by atoms with Gasteiger partial charge in [0.1, 0.15) is 5.82 Å². The molecule has 3 aromatic rings. The van der Waals surface area contributed by atoms with Crippen molar-refractivity contribution >= 4 is 32.1 Å². The number of aromatic nitrogens is 2. The van der Waals surface area contributed by atoms with Gasteiger partial charge in [0, 0.05) is 45.7 Å². The van der Waals surface area contributed by atoms with Crippen molar-refractivity contribution in [3.63, 3.8) is 0 Å². The van der Waals surface area contributed by atoms with Crippen LogP contribution in [-0.2, 0) is 13.0 Å². The number of aryl methyl sites for hydroxylation is 1. The lowest BCUT2D eigenvalue weighted by molar-refractivity contribution is 0.529. The average molecular weight is 305 g/mol. The highest BCUT2D eigenvalue weighted by Crippen LogP contribution is 2.34. The summed E-state index contributed by atoms with van der Waals surface area (Å²) < 4.78 is 5.01. The minimum absolute atomic E-state index is 0.359. The molecule has 3 nitrogen and oxygen atoms in total. The van der Waals surface area contributed by atoms with Gasteiger partial charge in [0.25, 0.3) is 0 Å². The molecule has 1 N–H and O–H groups in total. The number of imidazole rings is 1. The maximum atomic E-state index is 4.51. The zero-order valence-corrected chi connectivity index (χ0v) is 13.4. The molecule has 20 heavy (non-hydrogen) atoms. The first-order chi connectivity index (χ1) is 9.81. The quantitative estimate of drug-likeness (QED) is 0.744. The Balaban J connectivity index is 1.86. The lowest BCUT2D eigenvalue weighted by atomic mass is 10.1. The molecule has 106 valence electrons. The van der Waals surface area contributed by atoms with E-state index in [4.69, 9.17) is 0 Å². The summed E-state index contributed by atoms with van der Waals surface area (Å²) in [5.41, 5.74) is 0. The lowest BCUT2D eigenvalue weighted by Gasteiger charge is -2.16. The van der Waals surface area contributed by atoms with Gasteiger partial charge in [-0.05, 0) is 31.0 Å². The number of hydrogen-bond donors (Lipinski definition) is 1. The SMILES string of the molecule is CCNC(Cc1nccn1CC)c1cc2sccc2s1. The number of hydrogen-bond acceptors (Lipinski definition) is 4. The highest BCUT2D eigenvalue weighted by atomic mass is 32.1. The first kappa shape index (κ1) is 13.8. The molecule has 3 rings (SSSR count). The van der Waals surface area contributed by atoms with Gasteiger partial charge in [0.05, 0.1) is 0 Å². The van der Waals surface area contributed by atoms with Crippen LogP contribution in [0.5, 0.6) is 0 Å². The van der Waals surface area contributed by atoms with Crippen molar-refractivity contribution in [2.45, 2.75) is 32.9 Å². The molecule has 0 spiro atoms. The maximum absolute atomic E-state index is 4.51. The van der Waals surface area contributed by atoms with Crippen LogP contribution in [0, 0.1) is 0 Å². The van der Waals surface area contributed by atoms with Gasteiger partial charge >= 0.3 is 0 Å². The molecular weight excluding hydrogens is 286 g/mol. The zero-order chi connectivity index (χ0) is 13.9. The van der Waals surface area contributed by atoms with Crippen LogP contribution in [-0.4, -0.2) is 16.1 Å². The summed E-state index contributed by atoms with van der Waals surface area (Å²) in [5, 5.41) is 5.76. The molecule has 0 saturated carbocycles. The predicted octanol–water partition coefficient (Wildman–Crippen LogP) is 4.07. The van der Waals surface area contributed by atoms with Crippen LogP contribution in [0.25, 0.3) is 9.40 Å². The van der Waals surface area contributed by atoms with Crippen molar-refractivity contribution < 1.29 is 0 Å². The Hall–Kier alpha value is -1.17. The van der Waals surface area contributed by atoms with E-state index in [0.29, 0.717) is 6.04 Å². The van der Waals surface area contributed by atoms with Crippen LogP contribution in [0.1, 0.15) is 30.6 Å². The monoisotopic (exact) mass is 305 g/mol. The summed E-state index contributed by atoms with van der Waals surface area (Å²) in [4.78, 5) is 5.92. The topological polar surface area (TPSA) is 29.9 Å². The van der Waals surface area contributed by atoms with Crippen LogP contribution in [0.2, 0.25) is 0 Å². The van der Waals surface area contributed by atoms with Crippen LogP contribution >= 0.6 is 22.7 Å². The van der Waals surface area contributed by atoms with Gasteiger partial charge in [-0.1, -0.05) is 6.92 Å². The maximum Gasteiger partial charge on any atom is 0.110 e. The second kappa shape index (κ2) is 6.08. The average Bonchev–Trinajstić information content (AvgIpc) is 3.12. The van der Waals surface area contributed by atoms with Crippen molar-refractivity contribution in [1.82, 2.24) is 14.9 Å². The highest BCUT2D eigenvalue weighted by Gasteiger charge is 2.17. The van der Waals surface area contributed by atoms with E-state index in [2.05, 4.69) is 52.4 Å². The fraction of sp³-hybridized carbons (Fsp3) is 0.400. The molecule has 3 aromatic heterocycles. The third kappa shape index (κ3) is 2.66. The minimum Gasteiger partial charge on any atom is -0.335 e. The molecule has 1 unspecified atom stereocenters. The molecule has 0 aliphatic rings. The summed E-state index contributed by atoms with van der Waals surface area (Å²) >= 11 is 3.72. The molecule has 0 aliphatic carbocycles. The van der Waals surface area contributed by atoms with E-state index in [1.165, 1.54) is 14.3 Å². The van der Waals surface area contributed by atoms with E-state index in [1.54, 1.807) is 0 Å². The third-order valence-corrected chi connectivity index (χ3v) is 5.69. The second-order valence-electron chi connectivity index (χ2n) is 4.74. The van der Waals surface area contributed by atoms with Gasteiger partial charge in [0.15, 0.2) is 0 Å². The van der Waals surface area contributed by atoms with Gasteiger partial charge in [-0.3, -0.25) is 0 Å². The Bertz CT molecular complexity index is 651. The largest absolute Gasteiger partial charge is 0.335 e. The van der Waals surface area contributed by atoms with Gasteiger partial charge < -0.3 is 9.88 Å². The molecule has 0 saturated heterocycles. The molecule has 0 radical (unpaired) electrons. The number of nitrogens with one attached hydrogen (secondary N) is 1. The van der Waals surface area contributed by atoms with E-state index < -0.39 is 0 Å². The standard InChI is InChI=1S/C15H19N3S2/c1-3-16-11(9-15-17-6-7-18(15)4-2)13-10-14-12(20-13)5-8-19-14/h5-8,10-11,16H,3-4,9H2,1-2H3. The van der Waals surface area contributed by atoms with E-state index in [-0.39, 0.29) is 0 Å². The smallest absolute Gasteiger partial charge is 0.110 e. The Labute approximate surface area is 127 Å². The number of rotatable bonds is 6. The Morgan fingerprint density at radius 1 is 1.35 bits per heavy atom. The molecule has 0 fully saturated rings. The summed E-state index contributed by atoms with van der Waals surface area (Å²) in [6.07, 6.45) is 4.91. The number of nitrogens with zero attached hydrogens (tertiary/aromatic N) is 2. The van der Waals surface area contributed by atoms with Crippen molar-refractivity contribution in [2.75, 3.05) is 6.54 Å². The zero-order valence-electron chi connectivity index (χ0n) is 11.8. The molecule has 0 amide bonds. The molecule has 0 bridgehead atoms. The van der Waals surface area contributed by atoms with E-state index in [1.807, 2.05) is 28.9 Å². The fourth-order valence-electron chi connectivity index (χ4n) is 2.48. The fourth-order valence-corrected chi connectivity index (χ4v) is 4.67.